The van der Waals surface area contributed by atoms with E-state index in [2.05, 4.69) is 0 Å². The van der Waals surface area contributed by atoms with Crippen LogP contribution in [0.3, 0.4) is 0 Å². The Balaban J connectivity index is 2.46. The molecule has 0 saturated heterocycles. The van der Waals surface area contributed by atoms with Crippen molar-refractivity contribution in [2.24, 2.45) is 0 Å². The number of benzene rings is 1. The van der Waals surface area contributed by atoms with Crippen LogP contribution >= 0.6 is 0 Å². The van der Waals surface area contributed by atoms with Crippen LogP contribution in [0.5, 0.6) is 5.75 Å². The maximum absolute atomic E-state index is 11.4. The summed E-state index contributed by atoms with van der Waals surface area (Å²) in [5, 5.41) is 9.37. The van der Waals surface area contributed by atoms with Crippen molar-refractivity contribution in [3.05, 3.63) is 41.9 Å². The minimum absolute atomic E-state index is 0.163. The Kier molecular flexibility index (Phi) is 4.65. The second-order valence-electron chi connectivity index (χ2n) is 5.10. The van der Waals surface area contributed by atoms with Gasteiger partial charge in [-0.05, 0) is 38.7 Å². The van der Waals surface area contributed by atoms with Gasteiger partial charge in [-0.15, -0.1) is 0 Å². The van der Waals surface area contributed by atoms with Gasteiger partial charge in [0.25, 0.3) is 0 Å². The molecule has 0 saturated carbocycles. The lowest BCUT2D eigenvalue weighted by atomic mass is 9.98. The Bertz CT molecular complexity index is 617. The monoisotopic (exact) mass is 289 g/mol. The summed E-state index contributed by atoms with van der Waals surface area (Å²) in [5.74, 6) is -0.606. The van der Waals surface area contributed by atoms with Gasteiger partial charge in [-0.3, -0.25) is 0 Å². The second kappa shape index (κ2) is 6.45. The number of nitrogens with zero attached hydrogens (tertiary/aromatic N) is 1. The van der Waals surface area contributed by atoms with Gasteiger partial charge in [0.2, 0.25) is 0 Å². The maximum atomic E-state index is 11.4. The van der Waals surface area contributed by atoms with Crippen molar-refractivity contribution in [3.8, 4) is 16.9 Å². The third-order valence-electron chi connectivity index (χ3n) is 3.19. The molecule has 0 atom stereocenters. The number of furan rings is 1. The van der Waals surface area contributed by atoms with Crippen molar-refractivity contribution in [1.29, 1.82) is 0 Å². The lowest BCUT2D eigenvalue weighted by Crippen LogP contribution is -2.20. The summed E-state index contributed by atoms with van der Waals surface area (Å²) in [5.41, 5.74) is 2.69. The summed E-state index contributed by atoms with van der Waals surface area (Å²) in [6.07, 6.45) is 3.15. The van der Waals surface area contributed by atoms with E-state index in [-0.39, 0.29) is 5.56 Å². The molecule has 1 aromatic heterocycles. The Morgan fingerprint density at radius 2 is 2.10 bits per heavy atom. The largest absolute Gasteiger partial charge is 0.491 e. The average molecular weight is 289 g/mol. The Morgan fingerprint density at radius 1 is 1.33 bits per heavy atom. The van der Waals surface area contributed by atoms with E-state index in [0.29, 0.717) is 18.9 Å². The van der Waals surface area contributed by atoms with Crippen LogP contribution in [-0.2, 0) is 0 Å². The molecule has 2 aromatic rings. The van der Waals surface area contributed by atoms with Crippen LogP contribution in [0.15, 0.2) is 35.1 Å². The number of aryl methyl sites for hydroxylation is 1. The quantitative estimate of drug-likeness (QED) is 0.886. The number of likely N-dealkylation sites (N-methyl/N-ethyl adjacent to an activating group) is 1. The molecular formula is C16H19NO4. The predicted molar refractivity (Wildman–Crippen MR) is 79.9 cm³/mol. The topological polar surface area (TPSA) is 62.9 Å². The number of hydrogen-bond acceptors (Lipinski definition) is 4. The molecule has 2 rings (SSSR count). The van der Waals surface area contributed by atoms with Crippen LogP contribution in [0, 0.1) is 6.92 Å². The first-order chi connectivity index (χ1) is 10.0. The third kappa shape index (κ3) is 3.44. The summed E-state index contributed by atoms with van der Waals surface area (Å²) < 4.78 is 10.9. The molecule has 21 heavy (non-hydrogen) atoms. The first-order valence-electron chi connectivity index (χ1n) is 6.67. The standard InChI is InChI=1S/C16H19NO4/c1-11-4-5-13(16(18)19)15(21-9-7-17(2)3)14(11)12-6-8-20-10-12/h4-6,8,10H,7,9H2,1-3H3,(H,18,19). The molecule has 0 bridgehead atoms. The molecular weight excluding hydrogens is 270 g/mol. The minimum atomic E-state index is -1.00. The molecule has 0 radical (unpaired) electrons. The summed E-state index contributed by atoms with van der Waals surface area (Å²) in [4.78, 5) is 13.4. The zero-order valence-electron chi connectivity index (χ0n) is 12.4. The van der Waals surface area contributed by atoms with E-state index >= 15 is 0 Å². The molecule has 0 spiro atoms. The Morgan fingerprint density at radius 3 is 2.67 bits per heavy atom. The number of carboxylic acids is 1. The normalized spacial score (nSPS) is 10.9. The fourth-order valence-electron chi connectivity index (χ4n) is 2.10. The molecule has 1 heterocycles. The Hall–Kier alpha value is -2.27. The molecule has 0 fully saturated rings. The predicted octanol–water partition coefficient (Wildman–Crippen LogP) is 2.89. The molecule has 0 aliphatic rings. The van der Waals surface area contributed by atoms with E-state index < -0.39 is 5.97 Å². The molecule has 5 nitrogen and oxygen atoms in total. The smallest absolute Gasteiger partial charge is 0.339 e. The number of rotatable bonds is 6. The fraction of sp³-hybridized carbons (Fsp3) is 0.312. The minimum Gasteiger partial charge on any atom is -0.491 e. The molecule has 0 aliphatic carbocycles. The van der Waals surface area contributed by atoms with E-state index in [1.54, 1.807) is 30.7 Å². The number of carboxylic acid groups (broad SMARTS) is 1. The number of hydrogen-bond donors (Lipinski definition) is 1. The maximum Gasteiger partial charge on any atom is 0.339 e. The van der Waals surface area contributed by atoms with Crippen LogP contribution in [0.4, 0.5) is 0 Å². The summed E-state index contributed by atoms with van der Waals surface area (Å²) in [6.45, 7) is 3.05. The zero-order valence-corrected chi connectivity index (χ0v) is 12.4. The molecule has 5 heteroatoms. The Labute approximate surface area is 123 Å². The molecule has 1 aromatic carbocycles. The van der Waals surface area contributed by atoms with E-state index in [1.165, 1.54) is 0 Å². The third-order valence-corrected chi connectivity index (χ3v) is 3.19. The van der Waals surface area contributed by atoms with Crippen molar-refractivity contribution in [2.75, 3.05) is 27.2 Å². The van der Waals surface area contributed by atoms with Gasteiger partial charge in [-0.2, -0.15) is 0 Å². The van der Waals surface area contributed by atoms with Crippen LogP contribution in [0.2, 0.25) is 0 Å². The number of ether oxygens (including phenoxy) is 1. The van der Waals surface area contributed by atoms with Gasteiger partial charge in [-0.1, -0.05) is 6.07 Å². The van der Waals surface area contributed by atoms with Gasteiger partial charge >= 0.3 is 5.97 Å². The summed E-state index contributed by atoms with van der Waals surface area (Å²) in [6, 6.07) is 5.16. The van der Waals surface area contributed by atoms with Crippen LogP contribution in [0.25, 0.3) is 11.1 Å². The number of carbonyl (C=O) groups is 1. The first kappa shape index (κ1) is 15.1. The molecule has 0 aliphatic heterocycles. The van der Waals surface area contributed by atoms with Gasteiger partial charge in [-0.25, -0.2) is 4.79 Å². The van der Waals surface area contributed by atoms with Crippen LogP contribution < -0.4 is 4.74 Å². The van der Waals surface area contributed by atoms with Gasteiger partial charge in [0.15, 0.2) is 0 Å². The molecule has 1 N–H and O–H groups in total. The van der Waals surface area contributed by atoms with Crippen molar-refractivity contribution in [1.82, 2.24) is 4.90 Å². The summed E-state index contributed by atoms with van der Waals surface area (Å²) >= 11 is 0. The SMILES string of the molecule is Cc1ccc(C(=O)O)c(OCCN(C)C)c1-c1ccoc1. The van der Waals surface area contributed by atoms with Gasteiger partial charge in [0.05, 0.1) is 12.5 Å². The van der Waals surface area contributed by atoms with Crippen molar-refractivity contribution in [2.45, 2.75) is 6.92 Å². The van der Waals surface area contributed by atoms with Crippen LogP contribution in [-0.4, -0.2) is 43.2 Å². The van der Waals surface area contributed by atoms with Gasteiger partial charge in [0, 0.05) is 17.7 Å². The van der Waals surface area contributed by atoms with E-state index in [1.807, 2.05) is 25.9 Å². The van der Waals surface area contributed by atoms with Crippen molar-refractivity contribution >= 4 is 5.97 Å². The summed E-state index contributed by atoms with van der Waals surface area (Å²) in [7, 11) is 3.88. The zero-order chi connectivity index (χ0) is 15.4. The fourth-order valence-corrected chi connectivity index (χ4v) is 2.10. The highest BCUT2D eigenvalue weighted by Gasteiger charge is 2.19. The first-order valence-corrected chi connectivity index (χ1v) is 6.67. The lowest BCUT2D eigenvalue weighted by molar-refractivity contribution is 0.0692. The lowest BCUT2D eigenvalue weighted by Gasteiger charge is -2.17. The van der Waals surface area contributed by atoms with Crippen LogP contribution in [0.1, 0.15) is 15.9 Å². The van der Waals surface area contributed by atoms with Crippen molar-refractivity contribution < 1.29 is 19.1 Å². The number of aromatic carboxylic acids is 1. The average Bonchev–Trinajstić information content (AvgIpc) is 2.91. The highest BCUT2D eigenvalue weighted by atomic mass is 16.5. The molecule has 0 amide bonds. The van der Waals surface area contributed by atoms with Gasteiger partial charge < -0.3 is 19.2 Å². The molecule has 112 valence electrons. The van der Waals surface area contributed by atoms with E-state index in [9.17, 15) is 9.90 Å². The van der Waals surface area contributed by atoms with E-state index in [0.717, 1.165) is 16.7 Å². The highest BCUT2D eigenvalue weighted by Crippen LogP contribution is 2.36. The van der Waals surface area contributed by atoms with Crippen molar-refractivity contribution in [3.63, 3.8) is 0 Å². The highest BCUT2D eigenvalue weighted by molar-refractivity contribution is 5.95. The second-order valence-corrected chi connectivity index (χ2v) is 5.10. The molecule has 0 unspecified atom stereocenters. The van der Waals surface area contributed by atoms with Gasteiger partial charge in [0.1, 0.15) is 17.9 Å². The van der Waals surface area contributed by atoms with E-state index in [4.69, 9.17) is 9.15 Å².